The van der Waals surface area contributed by atoms with Gasteiger partial charge in [0.1, 0.15) is 5.69 Å². The Balaban J connectivity index is 1.68. The van der Waals surface area contributed by atoms with Crippen LogP contribution < -0.4 is 4.90 Å². The molecule has 0 unspecified atom stereocenters. The fourth-order valence-electron chi connectivity index (χ4n) is 3.05. The van der Waals surface area contributed by atoms with Crippen LogP contribution in [0.2, 0.25) is 0 Å². The number of hydrogen-bond donors (Lipinski definition) is 1. The molecule has 2 aromatic heterocycles. The van der Waals surface area contributed by atoms with Gasteiger partial charge in [0.25, 0.3) is 5.91 Å². The fourth-order valence-corrected chi connectivity index (χ4v) is 3.05. The molecular weight excluding hydrogens is 382 g/mol. The number of benzene rings is 2. The topological polar surface area (TPSA) is 112 Å². The van der Waals surface area contributed by atoms with Crippen LogP contribution in [0.4, 0.5) is 5.69 Å². The summed E-state index contributed by atoms with van der Waals surface area (Å²) in [5.41, 5.74) is 3.58. The third-order valence-electron chi connectivity index (χ3n) is 4.73. The predicted molar refractivity (Wildman–Crippen MR) is 109 cm³/mol. The maximum absolute atomic E-state index is 12.9. The molecule has 8 nitrogen and oxygen atoms in total. The molecule has 8 heteroatoms. The van der Waals surface area contributed by atoms with Gasteiger partial charge in [0.05, 0.1) is 35.3 Å². The number of carbonyl (C=O) groups excluding carboxylic acids is 1. The number of fused-ring (bicyclic) bond motifs is 1. The van der Waals surface area contributed by atoms with E-state index >= 15 is 0 Å². The van der Waals surface area contributed by atoms with Gasteiger partial charge in [-0.05, 0) is 36.4 Å². The van der Waals surface area contributed by atoms with Gasteiger partial charge in [-0.3, -0.25) is 9.20 Å². The maximum atomic E-state index is 12.9. The lowest BCUT2D eigenvalue weighted by atomic mass is 10.1. The quantitative estimate of drug-likeness (QED) is 0.566. The minimum Gasteiger partial charge on any atom is -0.478 e. The van der Waals surface area contributed by atoms with E-state index in [0.717, 1.165) is 5.56 Å². The SMILES string of the molecule is CN(C(=O)c1cn2c(-c3ccc(C(=O)O)cc3)cnc2cn1)c1ccc(C#N)cc1. The Morgan fingerprint density at radius 3 is 2.37 bits per heavy atom. The summed E-state index contributed by atoms with van der Waals surface area (Å²) in [6.07, 6.45) is 4.76. The molecule has 1 amide bonds. The van der Waals surface area contributed by atoms with E-state index in [2.05, 4.69) is 9.97 Å². The van der Waals surface area contributed by atoms with Crippen molar-refractivity contribution in [3.8, 4) is 17.3 Å². The molecule has 4 aromatic rings. The van der Waals surface area contributed by atoms with E-state index in [9.17, 15) is 9.59 Å². The molecule has 0 saturated heterocycles. The Morgan fingerprint density at radius 2 is 1.73 bits per heavy atom. The standard InChI is InChI=1S/C22H15N5O3/c1-26(17-8-2-14(10-23)3-9-17)21(28)18-13-27-19(11-25-20(27)12-24-18)15-4-6-16(7-5-15)22(29)30/h2-9,11-13H,1H3,(H,29,30). The average Bonchev–Trinajstić information content (AvgIpc) is 3.21. The van der Waals surface area contributed by atoms with Crippen LogP contribution in [-0.2, 0) is 0 Å². The number of carbonyl (C=O) groups is 2. The third-order valence-corrected chi connectivity index (χ3v) is 4.73. The second-order valence-corrected chi connectivity index (χ2v) is 6.55. The molecule has 0 aliphatic carbocycles. The molecule has 1 N–H and O–H groups in total. The highest BCUT2D eigenvalue weighted by atomic mass is 16.4. The minimum atomic E-state index is -0.998. The number of amides is 1. The van der Waals surface area contributed by atoms with Gasteiger partial charge in [0, 0.05) is 24.5 Å². The van der Waals surface area contributed by atoms with Gasteiger partial charge in [-0.2, -0.15) is 5.26 Å². The average molecular weight is 397 g/mol. The second-order valence-electron chi connectivity index (χ2n) is 6.55. The highest BCUT2D eigenvalue weighted by Crippen LogP contribution is 2.22. The highest BCUT2D eigenvalue weighted by molar-refractivity contribution is 6.04. The number of carboxylic acids is 1. The number of rotatable bonds is 4. The number of carboxylic acid groups (broad SMARTS) is 1. The van der Waals surface area contributed by atoms with Crippen LogP contribution in [0, 0.1) is 11.3 Å². The maximum Gasteiger partial charge on any atom is 0.335 e. The van der Waals surface area contributed by atoms with Crippen molar-refractivity contribution >= 4 is 23.2 Å². The molecule has 0 radical (unpaired) electrons. The summed E-state index contributed by atoms with van der Waals surface area (Å²) >= 11 is 0. The summed E-state index contributed by atoms with van der Waals surface area (Å²) in [5, 5.41) is 18.0. The number of nitriles is 1. The number of hydrogen-bond acceptors (Lipinski definition) is 5. The molecule has 0 bridgehead atoms. The van der Waals surface area contributed by atoms with Crippen LogP contribution in [0.1, 0.15) is 26.4 Å². The van der Waals surface area contributed by atoms with Crippen molar-refractivity contribution in [2.45, 2.75) is 0 Å². The van der Waals surface area contributed by atoms with E-state index in [1.165, 1.54) is 23.2 Å². The van der Waals surface area contributed by atoms with Crippen molar-refractivity contribution in [3.63, 3.8) is 0 Å². The van der Waals surface area contributed by atoms with Gasteiger partial charge in [0.15, 0.2) is 5.65 Å². The molecule has 0 saturated carbocycles. The molecule has 0 spiro atoms. The molecule has 2 aromatic carbocycles. The van der Waals surface area contributed by atoms with Crippen LogP contribution >= 0.6 is 0 Å². The first-order chi connectivity index (χ1) is 14.5. The third kappa shape index (κ3) is 3.36. The Morgan fingerprint density at radius 1 is 1.03 bits per heavy atom. The molecule has 146 valence electrons. The number of anilines is 1. The summed E-state index contributed by atoms with van der Waals surface area (Å²) in [4.78, 5) is 34.0. The monoisotopic (exact) mass is 397 g/mol. The van der Waals surface area contributed by atoms with Gasteiger partial charge in [-0.15, -0.1) is 0 Å². The molecule has 0 fully saturated rings. The van der Waals surface area contributed by atoms with Crippen molar-refractivity contribution in [2.75, 3.05) is 11.9 Å². The number of aromatic nitrogens is 3. The lowest BCUT2D eigenvalue weighted by molar-refractivity contribution is 0.0696. The van der Waals surface area contributed by atoms with Crippen LogP contribution in [0.15, 0.2) is 67.1 Å². The van der Waals surface area contributed by atoms with Crippen LogP contribution in [0.3, 0.4) is 0 Å². The van der Waals surface area contributed by atoms with Crippen molar-refractivity contribution in [3.05, 3.63) is 83.9 Å². The smallest absolute Gasteiger partial charge is 0.335 e. The van der Waals surface area contributed by atoms with E-state index in [0.29, 0.717) is 22.6 Å². The zero-order chi connectivity index (χ0) is 21.3. The Kier molecular flexibility index (Phi) is 4.70. The fraction of sp³-hybridized carbons (Fsp3) is 0.0455. The molecule has 2 heterocycles. The lowest BCUT2D eigenvalue weighted by Crippen LogP contribution is -2.27. The predicted octanol–water partition coefficient (Wildman–Crippen LogP) is 3.24. The lowest BCUT2D eigenvalue weighted by Gasteiger charge is -2.17. The van der Waals surface area contributed by atoms with Gasteiger partial charge in [-0.1, -0.05) is 12.1 Å². The Hall–Kier alpha value is -4.51. The van der Waals surface area contributed by atoms with E-state index in [4.69, 9.17) is 10.4 Å². The summed E-state index contributed by atoms with van der Waals surface area (Å²) in [6.45, 7) is 0. The van der Waals surface area contributed by atoms with Gasteiger partial charge >= 0.3 is 5.97 Å². The highest BCUT2D eigenvalue weighted by Gasteiger charge is 2.17. The van der Waals surface area contributed by atoms with Crippen LogP contribution in [0.5, 0.6) is 0 Å². The first kappa shape index (κ1) is 18.8. The van der Waals surface area contributed by atoms with E-state index < -0.39 is 5.97 Å². The van der Waals surface area contributed by atoms with E-state index in [-0.39, 0.29) is 17.2 Å². The summed E-state index contributed by atoms with van der Waals surface area (Å²) in [5.74, 6) is -1.31. The van der Waals surface area contributed by atoms with Gasteiger partial charge < -0.3 is 10.0 Å². The summed E-state index contributed by atoms with van der Waals surface area (Å²) < 4.78 is 1.74. The second kappa shape index (κ2) is 7.48. The number of imidazole rings is 1. The Bertz CT molecular complexity index is 1300. The van der Waals surface area contributed by atoms with Gasteiger partial charge in [-0.25, -0.2) is 14.8 Å². The number of aromatic carboxylic acids is 1. The summed E-state index contributed by atoms with van der Waals surface area (Å²) in [7, 11) is 1.63. The van der Waals surface area contributed by atoms with Crippen molar-refractivity contribution in [2.24, 2.45) is 0 Å². The van der Waals surface area contributed by atoms with Gasteiger partial charge in [0.2, 0.25) is 0 Å². The molecule has 30 heavy (non-hydrogen) atoms. The van der Waals surface area contributed by atoms with Crippen molar-refractivity contribution < 1.29 is 14.7 Å². The van der Waals surface area contributed by atoms with Crippen molar-refractivity contribution in [1.82, 2.24) is 14.4 Å². The number of nitrogens with zero attached hydrogens (tertiary/aromatic N) is 5. The van der Waals surface area contributed by atoms with E-state index in [1.54, 1.807) is 60.2 Å². The first-order valence-corrected chi connectivity index (χ1v) is 8.93. The van der Waals surface area contributed by atoms with E-state index in [1.807, 2.05) is 6.07 Å². The molecular formula is C22H15N5O3. The molecule has 0 aliphatic heterocycles. The largest absolute Gasteiger partial charge is 0.478 e. The normalized spacial score (nSPS) is 10.5. The molecule has 0 atom stereocenters. The summed E-state index contributed by atoms with van der Waals surface area (Å²) in [6, 6.07) is 15.1. The molecule has 0 aliphatic rings. The van der Waals surface area contributed by atoms with Crippen LogP contribution in [0.25, 0.3) is 16.9 Å². The van der Waals surface area contributed by atoms with Crippen molar-refractivity contribution in [1.29, 1.82) is 5.26 Å². The molecule has 4 rings (SSSR count). The zero-order valence-corrected chi connectivity index (χ0v) is 15.9. The Labute approximate surface area is 171 Å². The first-order valence-electron chi connectivity index (χ1n) is 8.93. The minimum absolute atomic E-state index is 0.189. The zero-order valence-electron chi connectivity index (χ0n) is 15.9. The van der Waals surface area contributed by atoms with Crippen LogP contribution in [-0.4, -0.2) is 38.4 Å².